The smallest absolute Gasteiger partial charge is 0.258 e. The summed E-state index contributed by atoms with van der Waals surface area (Å²) in [5.41, 5.74) is 1.12. The SMILES string of the molecule is COc1ccc(C(C)=O)c(OCC(=O)NCc2ccc(Cl)cc2Cl)c1. The minimum Gasteiger partial charge on any atom is -0.497 e. The molecule has 0 radical (unpaired) electrons. The van der Waals surface area contributed by atoms with Gasteiger partial charge in [-0.25, -0.2) is 0 Å². The molecule has 0 saturated heterocycles. The first-order chi connectivity index (χ1) is 11.9. The average Bonchev–Trinajstić information content (AvgIpc) is 2.58. The van der Waals surface area contributed by atoms with Crippen LogP contribution in [0, 0.1) is 0 Å². The fourth-order valence-corrected chi connectivity index (χ4v) is 2.57. The normalized spacial score (nSPS) is 10.2. The number of amides is 1. The molecule has 0 bridgehead atoms. The summed E-state index contributed by atoms with van der Waals surface area (Å²) in [6.07, 6.45) is 0. The standard InChI is InChI=1S/C18H17Cl2NO4/c1-11(22)15-6-5-14(24-2)8-17(15)25-10-18(23)21-9-12-3-4-13(19)7-16(12)20/h3-8H,9-10H2,1-2H3,(H,21,23). The van der Waals surface area contributed by atoms with Crippen LogP contribution >= 0.6 is 23.2 Å². The lowest BCUT2D eigenvalue weighted by Crippen LogP contribution is -2.28. The second-order valence-electron chi connectivity index (χ2n) is 5.22. The van der Waals surface area contributed by atoms with Gasteiger partial charge in [0.05, 0.1) is 12.7 Å². The highest BCUT2D eigenvalue weighted by Crippen LogP contribution is 2.25. The van der Waals surface area contributed by atoms with Crippen LogP contribution in [0.1, 0.15) is 22.8 Å². The van der Waals surface area contributed by atoms with Crippen LogP contribution in [0.15, 0.2) is 36.4 Å². The van der Waals surface area contributed by atoms with Gasteiger partial charge < -0.3 is 14.8 Å². The number of carbonyl (C=O) groups is 2. The van der Waals surface area contributed by atoms with E-state index in [-0.39, 0.29) is 24.8 Å². The van der Waals surface area contributed by atoms with Gasteiger partial charge in [0.15, 0.2) is 12.4 Å². The van der Waals surface area contributed by atoms with Crippen molar-refractivity contribution in [3.8, 4) is 11.5 Å². The van der Waals surface area contributed by atoms with Gasteiger partial charge in [-0.15, -0.1) is 0 Å². The number of nitrogens with one attached hydrogen (secondary N) is 1. The molecule has 132 valence electrons. The van der Waals surface area contributed by atoms with Gasteiger partial charge in [0.25, 0.3) is 5.91 Å². The quantitative estimate of drug-likeness (QED) is 0.738. The first kappa shape index (κ1) is 19.1. The number of benzene rings is 2. The summed E-state index contributed by atoms with van der Waals surface area (Å²) in [6, 6.07) is 9.87. The van der Waals surface area contributed by atoms with E-state index in [1.807, 2.05) is 0 Å². The lowest BCUT2D eigenvalue weighted by Gasteiger charge is -2.12. The van der Waals surface area contributed by atoms with Crippen molar-refractivity contribution in [1.82, 2.24) is 5.32 Å². The largest absolute Gasteiger partial charge is 0.497 e. The first-order valence-electron chi connectivity index (χ1n) is 7.43. The van der Waals surface area contributed by atoms with Gasteiger partial charge in [-0.1, -0.05) is 29.3 Å². The maximum Gasteiger partial charge on any atom is 0.258 e. The molecule has 25 heavy (non-hydrogen) atoms. The van der Waals surface area contributed by atoms with E-state index in [0.717, 1.165) is 5.56 Å². The van der Waals surface area contributed by atoms with Gasteiger partial charge >= 0.3 is 0 Å². The third kappa shape index (κ3) is 5.37. The van der Waals surface area contributed by atoms with Crippen LogP contribution in [-0.4, -0.2) is 25.4 Å². The molecule has 0 fully saturated rings. The number of hydrogen-bond acceptors (Lipinski definition) is 4. The van der Waals surface area contributed by atoms with Crippen LogP contribution in [-0.2, 0) is 11.3 Å². The van der Waals surface area contributed by atoms with E-state index in [4.69, 9.17) is 32.7 Å². The Morgan fingerprint density at radius 3 is 2.52 bits per heavy atom. The van der Waals surface area contributed by atoms with E-state index >= 15 is 0 Å². The number of methoxy groups -OCH3 is 1. The molecule has 0 heterocycles. The van der Waals surface area contributed by atoms with Crippen molar-refractivity contribution in [2.45, 2.75) is 13.5 Å². The van der Waals surface area contributed by atoms with E-state index in [1.165, 1.54) is 14.0 Å². The van der Waals surface area contributed by atoms with Crippen LogP contribution < -0.4 is 14.8 Å². The zero-order valence-electron chi connectivity index (χ0n) is 13.8. The molecule has 5 nitrogen and oxygen atoms in total. The molecule has 2 rings (SSSR count). The number of carbonyl (C=O) groups excluding carboxylic acids is 2. The van der Waals surface area contributed by atoms with Crippen molar-refractivity contribution in [2.75, 3.05) is 13.7 Å². The molecule has 0 saturated carbocycles. The molecule has 2 aromatic rings. The van der Waals surface area contributed by atoms with E-state index in [2.05, 4.69) is 5.32 Å². The van der Waals surface area contributed by atoms with Crippen LogP contribution in [0.4, 0.5) is 0 Å². The summed E-state index contributed by atoms with van der Waals surface area (Å²) < 4.78 is 10.6. The van der Waals surface area contributed by atoms with Gasteiger partial charge in [-0.3, -0.25) is 9.59 Å². The number of ketones is 1. The Hall–Kier alpha value is -2.24. The van der Waals surface area contributed by atoms with Crippen molar-refractivity contribution in [3.05, 3.63) is 57.6 Å². The Morgan fingerprint density at radius 1 is 1.12 bits per heavy atom. The predicted octanol–water partition coefficient (Wildman–Crippen LogP) is 3.90. The highest BCUT2D eigenvalue weighted by atomic mass is 35.5. The van der Waals surface area contributed by atoms with Gasteiger partial charge in [-0.05, 0) is 36.8 Å². The van der Waals surface area contributed by atoms with Crippen molar-refractivity contribution in [3.63, 3.8) is 0 Å². The maximum absolute atomic E-state index is 12.0. The maximum atomic E-state index is 12.0. The highest BCUT2D eigenvalue weighted by molar-refractivity contribution is 6.35. The third-order valence-electron chi connectivity index (χ3n) is 3.42. The molecule has 1 N–H and O–H groups in total. The van der Waals surface area contributed by atoms with Crippen molar-refractivity contribution >= 4 is 34.9 Å². The molecule has 0 aliphatic heterocycles. The average molecular weight is 382 g/mol. The van der Waals surface area contributed by atoms with Crippen LogP contribution in [0.5, 0.6) is 11.5 Å². The third-order valence-corrected chi connectivity index (χ3v) is 4.00. The monoisotopic (exact) mass is 381 g/mol. The van der Waals surface area contributed by atoms with Crippen molar-refractivity contribution in [1.29, 1.82) is 0 Å². The van der Waals surface area contributed by atoms with Crippen LogP contribution in [0.2, 0.25) is 10.0 Å². The summed E-state index contributed by atoms with van der Waals surface area (Å²) >= 11 is 11.9. The van der Waals surface area contributed by atoms with Crippen LogP contribution in [0.3, 0.4) is 0 Å². The molecular formula is C18H17Cl2NO4. The minimum absolute atomic E-state index is 0.161. The topological polar surface area (TPSA) is 64.6 Å². The van der Waals surface area contributed by atoms with Crippen molar-refractivity contribution in [2.24, 2.45) is 0 Å². The Morgan fingerprint density at radius 2 is 1.88 bits per heavy atom. The zero-order chi connectivity index (χ0) is 18.4. The van der Waals surface area contributed by atoms with Gasteiger partial charge in [0.2, 0.25) is 0 Å². The Bertz CT molecular complexity index is 793. The Labute approximate surface area is 155 Å². The molecule has 0 aliphatic carbocycles. The summed E-state index contributed by atoms with van der Waals surface area (Å²) in [4.78, 5) is 23.6. The number of halogens is 2. The summed E-state index contributed by atoms with van der Waals surface area (Å²) in [5.74, 6) is 0.328. The number of Topliss-reactive ketones (excluding diaryl/α,β-unsaturated/α-hetero) is 1. The fraction of sp³-hybridized carbons (Fsp3) is 0.222. The number of hydrogen-bond donors (Lipinski definition) is 1. The van der Waals surface area contributed by atoms with Crippen LogP contribution in [0.25, 0.3) is 0 Å². The molecule has 2 aromatic carbocycles. The molecule has 1 amide bonds. The molecule has 0 aliphatic rings. The minimum atomic E-state index is -0.344. The lowest BCUT2D eigenvalue weighted by atomic mass is 10.1. The van der Waals surface area contributed by atoms with Gasteiger partial charge in [0, 0.05) is 22.7 Å². The molecular weight excluding hydrogens is 365 g/mol. The fourth-order valence-electron chi connectivity index (χ4n) is 2.09. The summed E-state index contributed by atoms with van der Waals surface area (Å²) in [5, 5.41) is 3.70. The molecule has 0 atom stereocenters. The molecule has 7 heteroatoms. The van der Waals surface area contributed by atoms with E-state index in [1.54, 1.807) is 36.4 Å². The van der Waals surface area contributed by atoms with Gasteiger partial charge in [0.1, 0.15) is 11.5 Å². The predicted molar refractivity (Wildman–Crippen MR) is 96.8 cm³/mol. The number of ether oxygens (including phenoxy) is 2. The summed E-state index contributed by atoms with van der Waals surface area (Å²) in [7, 11) is 1.51. The lowest BCUT2D eigenvalue weighted by molar-refractivity contribution is -0.123. The van der Waals surface area contributed by atoms with Crippen molar-refractivity contribution < 1.29 is 19.1 Å². The molecule has 0 spiro atoms. The first-order valence-corrected chi connectivity index (χ1v) is 8.18. The Kier molecular flexibility index (Phi) is 6.67. The Balaban J connectivity index is 1.96. The molecule has 0 aromatic heterocycles. The van der Waals surface area contributed by atoms with E-state index < -0.39 is 0 Å². The molecule has 0 unspecified atom stereocenters. The highest BCUT2D eigenvalue weighted by Gasteiger charge is 2.12. The zero-order valence-corrected chi connectivity index (χ0v) is 15.3. The second-order valence-corrected chi connectivity index (χ2v) is 6.06. The second kappa shape index (κ2) is 8.74. The summed E-state index contributed by atoms with van der Waals surface area (Å²) in [6.45, 7) is 1.44. The van der Waals surface area contributed by atoms with E-state index in [9.17, 15) is 9.59 Å². The van der Waals surface area contributed by atoms with Gasteiger partial charge in [-0.2, -0.15) is 0 Å². The van der Waals surface area contributed by atoms with E-state index in [0.29, 0.717) is 27.1 Å². The number of rotatable bonds is 7.